The van der Waals surface area contributed by atoms with E-state index < -0.39 is 22.1 Å². The first-order chi connectivity index (χ1) is 7.54. The first-order valence-electron chi connectivity index (χ1n) is 4.85. The third-order valence-electron chi connectivity index (χ3n) is 2.25. The summed E-state index contributed by atoms with van der Waals surface area (Å²) in [6.07, 6.45) is -0.326. The summed E-state index contributed by atoms with van der Waals surface area (Å²) in [4.78, 5) is 0. The molecule has 0 radical (unpaired) electrons. The number of para-hydroxylation sites is 2. The minimum Gasteiger partial charge on any atom is -0.486 e. The van der Waals surface area contributed by atoms with E-state index in [-0.39, 0.29) is 13.0 Å². The molecule has 0 aliphatic carbocycles. The molecule has 0 aromatic heterocycles. The zero-order valence-corrected chi connectivity index (χ0v) is 9.24. The van der Waals surface area contributed by atoms with Gasteiger partial charge in [0.2, 0.25) is 0 Å². The maximum atomic E-state index is 12.3. The van der Waals surface area contributed by atoms with Gasteiger partial charge in [-0.1, -0.05) is 12.1 Å². The molecule has 1 atom stereocenters. The molecule has 2 rings (SSSR count). The van der Waals surface area contributed by atoms with E-state index in [1.807, 2.05) is 6.07 Å². The van der Waals surface area contributed by atoms with E-state index in [0.717, 1.165) is 0 Å². The molecule has 0 bridgehead atoms. The number of hydrogen-bond donors (Lipinski definition) is 0. The Morgan fingerprint density at radius 3 is 2.69 bits per heavy atom. The van der Waals surface area contributed by atoms with Gasteiger partial charge in [0.25, 0.3) is 0 Å². The third kappa shape index (κ3) is 2.85. The van der Waals surface area contributed by atoms with Gasteiger partial charge in [-0.05, 0) is 12.1 Å². The maximum Gasteiger partial charge on any atom is 0.302 e. The van der Waals surface area contributed by atoms with Crippen molar-refractivity contribution in [3.05, 3.63) is 24.3 Å². The fourth-order valence-electron chi connectivity index (χ4n) is 1.48. The van der Waals surface area contributed by atoms with Crippen LogP contribution in [0.5, 0.6) is 11.5 Å². The first-order valence-corrected chi connectivity index (χ1v) is 6.41. The van der Waals surface area contributed by atoms with Crippen molar-refractivity contribution >= 4 is 10.2 Å². The lowest BCUT2D eigenvalue weighted by Crippen LogP contribution is -2.30. The predicted molar refractivity (Wildman–Crippen MR) is 55.9 cm³/mol. The van der Waals surface area contributed by atoms with Crippen molar-refractivity contribution < 1.29 is 21.8 Å². The fourth-order valence-corrected chi connectivity index (χ4v) is 2.02. The molecular formula is C10H11FO4S. The van der Waals surface area contributed by atoms with Gasteiger partial charge in [-0.15, -0.1) is 3.89 Å². The van der Waals surface area contributed by atoms with E-state index in [1.165, 1.54) is 0 Å². The lowest BCUT2D eigenvalue weighted by molar-refractivity contribution is 0.0888. The highest BCUT2D eigenvalue weighted by atomic mass is 32.3. The molecule has 16 heavy (non-hydrogen) atoms. The Morgan fingerprint density at radius 1 is 1.31 bits per heavy atom. The highest BCUT2D eigenvalue weighted by Gasteiger charge is 2.22. The van der Waals surface area contributed by atoms with Crippen LogP contribution in [0.25, 0.3) is 0 Å². The topological polar surface area (TPSA) is 52.6 Å². The molecule has 0 amide bonds. The van der Waals surface area contributed by atoms with Gasteiger partial charge in [-0.3, -0.25) is 0 Å². The molecule has 0 fully saturated rings. The minimum atomic E-state index is -4.44. The second-order valence-electron chi connectivity index (χ2n) is 3.53. The van der Waals surface area contributed by atoms with Crippen molar-refractivity contribution in [2.45, 2.75) is 12.5 Å². The SMILES string of the molecule is O=S(=O)(F)CCC1COc2ccccc2O1. The quantitative estimate of drug-likeness (QED) is 0.759. The molecule has 1 aromatic carbocycles. The van der Waals surface area contributed by atoms with Gasteiger partial charge in [-0.25, -0.2) is 0 Å². The van der Waals surface area contributed by atoms with E-state index in [0.29, 0.717) is 11.5 Å². The Kier molecular flexibility index (Phi) is 3.00. The molecule has 0 N–H and O–H groups in total. The summed E-state index contributed by atoms with van der Waals surface area (Å²) in [5, 5.41) is 0. The predicted octanol–water partition coefficient (Wildman–Crippen LogP) is 1.52. The fraction of sp³-hybridized carbons (Fsp3) is 0.400. The molecule has 6 heteroatoms. The first kappa shape index (κ1) is 11.2. The van der Waals surface area contributed by atoms with Crippen molar-refractivity contribution in [1.82, 2.24) is 0 Å². The zero-order valence-electron chi connectivity index (χ0n) is 8.43. The summed E-state index contributed by atoms with van der Waals surface area (Å²) < 4.78 is 43.9. The van der Waals surface area contributed by atoms with Crippen LogP contribution in [0.3, 0.4) is 0 Å². The highest BCUT2D eigenvalue weighted by molar-refractivity contribution is 7.86. The second kappa shape index (κ2) is 4.29. The van der Waals surface area contributed by atoms with Gasteiger partial charge in [0.15, 0.2) is 11.5 Å². The zero-order chi connectivity index (χ0) is 11.6. The molecule has 88 valence electrons. The molecular weight excluding hydrogens is 235 g/mol. The highest BCUT2D eigenvalue weighted by Crippen LogP contribution is 2.31. The van der Waals surface area contributed by atoms with Gasteiger partial charge < -0.3 is 9.47 Å². The Hall–Kier alpha value is -1.30. The third-order valence-corrected chi connectivity index (χ3v) is 2.97. The summed E-state index contributed by atoms with van der Waals surface area (Å²) in [5.41, 5.74) is 0. The van der Waals surface area contributed by atoms with Crippen molar-refractivity contribution in [3.8, 4) is 11.5 Å². The molecule has 1 aliphatic rings. The number of benzene rings is 1. The largest absolute Gasteiger partial charge is 0.486 e. The summed E-state index contributed by atoms with van der Waals surface area (Å²) in [5.74, 6) is 0.653. The molecule has 1 unspecified atom stereocenters. The van der Waals surface area contributed by atoms with Gasteiger partial charge >= 0.3 is 10.2 Å². The van der Waals surface area contributed by atoms with E-state index in [1.54, 1.807) is 18.2 Å². The number of hydrogen-bond acceptors (Lipinski definition) is 4. The standard InChI is InChI=1S/C10H11FO4S/c11-16(12,13)6-5-8-7-14-9-3-1-2-4-10(9)15-8/h1-4,8H,5-7H2. The summed E-state index contributed by atoms with van der Waals surface area (Å²) in [7, 11) is -4.44. The number of ether oxygens (including phenoxy) is 2. The number of halogens is 1. The normalized spacial score (nSPS) is 19.4. The Balaban J connectivity index is 1.98. The Labute approximate surface area is 93.2 Å². The van der Waals surface area contributed by atoms with Crippen LogP contribution in [0, 0.1) is 0 Å². The smallest absolute Gasteiger partial charge is 0.302 e. The maximum absolute atomic E-state index is 12.3. The average molecular weight is 246 g/mol. The van der Waals surface area contributed by atoms with E-state index in [2.05, 4.69) is 0 Å². The van der Waals surface area contributed by atoms with Crippen LogP contribution in [0.1, 0.15) is 6.42 Å². The molecule has 0 spiro atoms. The number of rotatable bonds is 3. The van der Waals surface area contributed by atoms with Crippen molar-refractivity contribution in [2.24, 2.45) is 0 Å². The molecule has 4 nitrogen and oxygen atoms in total. The lowest BCUT2D eigenvalue weighted by Gasteiger charge is -2.25. The van der Waals surface area contributed by atoms with Gasteiger partial charge in [0.05, 0.1) is 5.75 Å². The molecule has 1 heterocycles. The van der Waals surface area contributed by atoms with Crippen molar-refractivity contribution in [3.63, 3.8) is 0 Å². The van der Waals surface area contributed by atoms with Gasteiger partial charge in [-0.2, -0.15) is 8.42 Å². The Morgan fingerprint density at radius 2 is 2.00 bits per heavy atom. The second-order valence-corrected chi connectivity index (χ2v) is 5.02. The van der Waals surface area contributed by atoms with Crippen LogP contribution in [0.2, 0.25) is 0 Å². The van der Waals surface area contributed by atoms with Crippen LogP contribution in [0.4, 0.5) is 3.89 Å². The van der Waals surface area contributed by atoms with Crippen molar-refractivity contribution in [2.75, 3.05) is 12.4 Å². The van der Waals surface area contributed by atoms with Crippen LogP contribution in [0.15, 0.2) is 24.3 Å². The average Bonchev–Trinajstić information content (AvgIpc) is 2.25. The lowest BCUT2D eigenvalue weighted by atomic mass is 10.2. The van der Waals surface area contributed by atoms with Crippen molar-refractivity contribution in [1.29, 1.82) is 0 Å². The molecule has 0 saturated heterocycles. The van der Waals surface area contributed by atoms with Gasteiger partial charge in [0, 0.05) is 6.42 Å². The minimum absolute atomic E-state index is 0.0904. The Bertz CT molecular complexity index is 471. The summed E-state index contributed by atoms with van der Waals surface area (Å²) in [6.45, 7) is 0.243. The van der Waals surface area contributed by atoms with Crippen LogP contribution >= 0.6 is 0 Å². The summed E-state index contributed by atoms with van der Waals surface area (Å²) in [6, 6.07) is 7.09. The van der Waals surface area contributed by atoms with Crippen LogP contribution in [-0.2, 0) is 10.2 Å². The van der Waals surface area contributed by atoms with Crippen LogP contribution < -0.4 is 9.47 Å². The molecule has 0 saturated carbocycles. The van der Waals surface area contributed by atoms with Gasteiger partial charge in [0.1, 0.15) is 12.7 Å². The van der Waals surface area contributed by atoms with Crippen LogP contribution in [-0.4, -0.2) is 26.9 Å². The summed E-state index contributed by atoms with van der Waals surface area (Å²) >= 11 is 0. The monoisotopic (exact) mass is 246 g/mol. The van der Waals surface area contributed by atoms with E-state index in [4.69, 9.17) is 9.47 Å². The number of fused-ring (bicyclic) bond motifs is 1. The molecule has 1 aromatic rings. The molecule has 1 aliphatic heterocycles. The van der Waals surface area contributed by atoms with E-state index >= 15 is 0 Å². The van der Waals surface area contributed by atoms with E-state index in [9.17, 15) is 12.3 Å².